The number of nitrogens with one attached hydrogen (secondary N) is 1. The molecule has 2 unspecified atom stereocenters. The van der Waals surface area contributed by atoms with E-state index in [0.717, 1.165) is 0 Å². The highest BCUT2D eigenvalue weighted by atomic mass is 19.1. The normalized spacial score (nSPS) is 22.6. The molecule has 1 N–H and O–H groups in total. The highest BCUT2D eigenvalue weighted by molar-refractivity contribution is 5.96. The van der Waals surface area contributed by atoms with Crippen molar-refractivity contribution in [3.05, 3.63) is 35.6 Å². The predicted molar refractivity (Wildman–Crippen MR) is 78.0 cm³/mol. The van der Waals surface area contributed by atoms with E-state index in [9.17, 15) is 14.0 Å². The minimum atomic E-state index is -0.520. The summed E-state index contributed by atoms with van der Waals surface area (Å²) >= 11 is 0. The van der Waals surface area contributed by atoms with E-state index in [2.05, 4.69) is 5.32 Å². The molecular formula is C16H21FN2O2. The number of halogens is 1. The molecule has 1 fully saturated rings. The molecule has 2 atom stereocenters. The second kappa shape index (κ2) is 6.24. The van der Waals surface area contributed by atoms with Gasteiger partial charge in [-0.05, 0) is 30.9 Å². The fraction of sp³-hybridized carbons (Fsp3) is 0.500. The number of benzene rings is 1. The topological polar surface area (TPSA) is 49.4 Å². The van der Waals surface area contributed by atoms with E-state index in [0.29, 0.717) is 18.5 Å². The molecule has 1 saturated heterocycles. The van der Waals surface area contributed by atoms with Gasteiger partial charge < -0.3 is 10.2 Å². The molecule has 0 bridgehead atoms. The maximum atomic E-state index is 13.7. The van der Waals surface area contributed by atoms with Crippen LogP contribution in [-0.2, 0) is 16.0 Å². The maximum Gasteiger partial charge on any atom is 0.245 e. The first kappa shape index (κ1) is 15.5. The molecule has 114 valence electrons. The van der Waals surface area contributed by atoms with Gasteiger partial charge in [-0.2, -0.15) is 0 Å². The number of piperazine rings is 1. The molecular weight excluding hydrogens is 271 g/mol. The van der Waals surface area contributed by atoms with Gasteiger partial charge in [-0.25, -0.2) is 4.39 Å². The Bertz CT molecular complexity index is 545. The van der Waals surface area contributed by atoms with Crippen LogP contribution >= 0.6 is 0 Å². The SMILES string of the molecule is CC1NC(=O)C(C(C)C)N(CCc2ccccc2F)C1=O. The summed E-state index contributed by atoms with van der Waals surface area (Å²) < 4.78 is 13.7. The van der Waals surface area contributed by atoms with Crippen LogP contribution < -0.4 is 5.32 Å². The Balaban J connectivity index is 2.16. The quantitative estimate of drug-likeness (QED) is 0.919. The van der Waals surface area contributed by atoms with Gasteiger partial charge in [0.1, 0.15) is 17.9 Å². The summed E-state index contributed by atoms with van der Waals surface area (Å²) in [7, 11) is 0. The average Bonchev–Trinajstić information content (AvgIpc) is 2.42. The fourth-order valence-electron chi connectivity index (χ4n) is 2.74. The molecule has 0 radical (unpaired) electrons. The van der Waals surface area contributed by atoms with Gasteiger partial charge in [-0.1, -0.05) is 32.0 Å². The predicted octanol–water partition coefficient (Wildman–Crippen LogP) is 1.74. The standard InChI is InChI=1S/C16H21FN2O2/c1-10(2)14-15(20)18-11(3)16(21)19(14)9-8-12-6-4-5-7-13(12)17/h4-7,10-11,14H,8-9H2,1-3H3,(H,18,20). The van der Waals surface area contributed by atoms with Crippen LogP contribution in [0.2, 0.25) is 0 Å². The zero-order valence-electron chi connectivity index (χ0n) is 12.6. The van der Waals surface area contributed by atoms with Crippen molar-refractivity contribution in [1.29, 1.82) is 0 Å². The van der Waals surface area contributed by atoms with Crippen molar-refractivity contribution >= 4 is 11.8 Å². The van der Waals surface area contributed by atoms with Crippen LogP contribution in [0.25, 0.3) is 0 Å². The second-order valence-electron chi connectivity index (χ2n) is 5.79. The third-order valence-corrected chi connectivity index (χ3v) is 3.83. The molecule has 1 aromatic rings. The Morgan fingerprint density at radius 3 is 2.57 bits per heavy atom. The van der Waals surface area contributed by atoms with Crippen molar-refractivity contribution in [2.45, 2.75) is 39.3 Å². The van der Waals surface area contributed by atoms with Crippen molar-refractivity contribution < 1.29 is 14.0 Å². The van der Waals surface area contributed by atoms with Crippen LogP contribution in [0.4, 0.5) is 4.39 Å². The molecule has 21 heavy (non-hydrogen) atoms. The second-order valence-corrected chi connectivity index (χ2v) is 5.79. The summed E-state index contributed by atoms with van der Waals surface area (Å²) in [6.07, 6.45) is 0.404. The lowest BCUT2D eigenvalue weighted by atomic mass is 9.96. The van der Waals surface area contributed by atoms with E-state index >= 15 is 0 Å². The first-order chi connectivity index (χ1) is 9.91. The van der Waals surface area contributed by atoms with Gasteiger partial charge in [-0.3, -0.25) is 9.59 Å². The number of hydrogen-bond donors (Lipinski definition) is 1. The maximum absolute atomic E-state index is 13.7. The Morgan fingerprint density at radius 1 is 1.29 bits per heavy atom. The molecule has 0 saturated carbocycles. The molecule has 1 aliphatic rings. The van der Waals surface area contributed by atoms with Crippen LogP contribution in [0.5, 0.6) is 0 Å². The van der Waals surface area contributed by atoms with Crippen molar-refractivity contribution in [2.24, 2.45) is 5.92 Å². The average molecular weight is 292 g/mol. The molecule has 1 heterocycles. The Labute approximate surface area is 124 Å². The van der Waals surface area contributed by atoms with E-state index < -0.39 is 12.1 Å². The monoisotopic (exact) mass is 292 g/mol. The van der Waals surface area contributed by atoms with Gasteiger partial charge in [0.15, 0.2) is 0 Å². The van der Waals surface area contributed by atoms with Crippen LogP contribution in [0.15, 0.2) is 24.3 Å². The van der Waals surface area contributed by atoms with Crippen molar-refractivity contribution in [2.75, 3.05) is 6.54 Å². The lowest BCUT2D eigenvalue weighted by molar-refractivity contribution is -0.150. The first-order valence-corrected chi connectivity index (χ1v) is 7.26. The molecule has 1 aromatic carbocycles. The lowest BCUT2D eigenvalue weighted by Gasteiger charge is -2.40. The highest BCUT2D eigenvalue weighted by Gasteiger charge is 2.39. The molecule has 5 heteroatoms. The van der Waals surface area contributed by atoms with Crippen LogP contribution in [-0.4, -0.2) is 35.3 Å². The fourth-order valence-corrected chi connectivity index (χ4v) is 2.74. The summed E-state index contributed by atoms with van der Waals surface area (Å²) in [5.41, 5.74) is 0.562. The molecule has 2 rings (SSSR count). The van der Waals surface area contributed by atoms with Gasteiger partial charge in [-0.15, -0.1) is 0 Å². The van der Waals surface area contributed by atoms with E-state index in [1.54, 1.807) is 30.0 Å². The largest absolute Gasteiger partial charge is 0.343 e. The number of nitrogens with zero attached hydrogens (tertiary/aromatic N) is 1. The van der Waals surface area contributed by atoms with E-state index in [1.165, 1.54) is 6.07 Å². The Morgan fingerprint density at radius 2 is 1.95 bits per heavy atom. The van der Waals surface area contributed by atoms with Crippen molar-refractivity contribution in [3.8, 4) is 0 Å². The molecule has 0 spiro atoms. The van der Waals surface area contributed by atoms with Crippen LogP contribution in [0, 0.1) is 11.7 Å². The van der Waals surface area contributed by atoms with E-state index in [1.807, 2.05) is 13.8 Å². The van der Waals surface area contributed by atoms with Crippen LogP contribution in [0.3, 0.4) is 0 Å². The third-order valence-electron chi connectivity index (χ3n) is 3.83. The zero-order chi connectivity index (χ0) is 15.6. The summed E-state index contributed by atoms with van der Waals surface area (Å²) in [5, 5.41) is 2.70. The van der Waals surface area contributed by atoms with Gasteiger partial charge in [0.2, 0.25) is 11.8 Å². The summed E-state index contributed by atoms with van der Waals surface area (Å²) in [4.78, 5) is 26.0. The number of rotatable bonds is 4. The zero-order valence-corrected chi connectivity index (χ0v) is 12.6. The van der Waals surface area contributed by atoms with Gasteiger partial charge in [0.05, 0.1) is 0 Å². The number of carbonyl (C=O) groups excluding carboxylic acids is 2. The van der Waals surface area contributed by atoms with E-state index in [-0.39, 0.29) is 23.5 Å². The number of hydrogen-bond acceptors (Lipinski definition) is 2. The molecule has 4 nitrogen and oxygen atoms in total. The Kier molecular flexibility index (Phi) is 4.60. The number of amides is 2. The van der Waals surface area contributed by atoms with Gasteiger partial charge >= 0.3 is 0 Å². The lowest BCUT2D eigenvalue weighted by Crippen LogP contribution is -2.64. The highest BCUT2D eigenvalue weighted by Crippen LogP contribution is 2.18. The third kappa shape index (κ3) is 3.23. The van der Waals surface area contributed by atoms with Gasteiger partial charge in [0.25, 0.3) is 0 Å². The van der Waals surface area contributed by atoms with Gasteiger partial charge in [0, 0.05) is 6.54 Å². The first-order valence-electron chi connectivity index (χ1n) is 7.26. The molecule has 1 aliphatic heterocycles. The van der Waals surface area contributed by atoms with E-state index in [4.69, 9.17) is 0 Å². The summed E-state index contributed by atoms with van der Waals surface area (Å²) in [6, 6.07) is 5.51. The summed E-state index contributed by atoms with van der Waals surface area (Å²) in [5.74, 6) is -0.502. The van der Waals surface area contributed by atoms with Crippen molar-refractivity contribution in [1.82, 2.24) is 10.2 Å². The minimum absolute atomic E-state index is 0.0158. The minimum Gasteiger partial charge on any atom is -0.343 e. The molecule has 2 amide bonds. The molecule has 0 aromatic heterocycles. The Hall–Kier alpha value is -1.91. The summed E-state index contributed by atoms with van der Waals surface area (Å²) in [6.45, 7) is 5.83. The van der Waals surface area contributed by atoms with Crippen molar-refractivity contribution in [3.63, 3.8) is 0 Å². The number of carbonyl (C=O) groups is 2. The smallest absolute Gasteiger partial charge is 0.245 e. The van der Waals surface area contributed by atoms with Crippen LogP contribution in [0.1, 0.15) is 26.3 Å². The molecule has 0 aliphatic carbocycles.